The van der Waals surface area contributed by atoms with Gasteiger partial charge in [-0.15, -0.1) is 0 Å². The lowest BCUT2D eigenvalue weighted by molar-refractivity contribution is 1.35. The van der Waals surface area contributed by atoms with Gasteiger partial charge >= 0.3 is 0 Å². The van der Waals surface area contributed by atoms with E-state index in [9.17, 15) is 0 Å². The molecule has 0 saturated heterocycles. The molecule has 10 aromatic carbocycles. The van der Waals surface area contributed by atoms with E-state index in [2.05, 4.69) is 165 Å². The first kappa shape index (κ1) is 29.3. The lowest BCUT2D eigenvalue weighted by atomic mass is 9.89. The minimum atomic E-state index is -2.22. The van der Waals surface area contributed by atoms with Gasteiger partial charge < -0.3 is 0 Å². The monoisotopic (exact) mass is 686 g/mol. The molecule has 53 heavy (non-hydrogen) atoms. The Labute approximate surface area is 309 Å². The van der Waals surface area contributed by atoms with Crippen LogP contribution < -0.4 is 15.6 Å². The van der Waals surface area contributed by atoms with Gasteiger partial charge in [-0.1, -0.05) is 171 Å². The summed E-state index contributed by atoms with van der Waals surface area (Å²) in [6, 6.07) is 60.5. The van der Waals surface area contributed by atoms with E-state index in [1.54, 1.807) is 10.4 Å². The molecular formula is C52H34Si. The van der Waals surface area contributed by atoms with Crippen molar-refractivity contribution in [1.82, 2.24) is 0 Å². The fourth-order valence-corrected chi connectivity index (χ4v) is 16.0. The summed E-state index contributed by atoms with van der Waals surface area (Å²) in [5, 5.41) is 17.3. The van der Waals surface area contributed by atoms with Gasteiger partial charge in [0.05, 0.1) is 0 Å². The Hall–Kier alpha value is -6.28. The summed E-state index contributed by atoms with van der Waals surface area (Å²) < 4.78 is 0. The number of fused-ring (bicyclic) bond motifs is 6. The molecule has 2 heterocycles. The zero-order chi connectivity index (χ0) is 35.0. The van der Waals surface area contributed by atoms with Crippen molar-refractivity contribution in [3.05, 3.63) is 180 Å². The molecule has 0 N–H and O–H groups in total. The van der Waals surface area contributed by atoms with Crippen LogP contribution in [0.4, 0.5) is 0 Å². The Bertz CT molecular complexity index is 3230. The van der Waals surface area contributed by atoms with Crippen molar-refractivity contribution in [2.45, 2.75) is 12.1 Å². The quantitative estimate of drug-likeness (QED) is 0.128. The van der Waals surface area contributed by atoms with Gasteiger partial charge in [-0.3, -0.25) is 0 Å². The van der Waals surface area contributed by atoms with Gasteiger partial charge in [0.1, 0.15) is 8.07 Å². The first-order valence-corrected chi connectivity index (χ1v) is 21.1. The molecular weight excluding hydrogens is 653 g/mol. The van der Waals surface area contributed by atoms with Crippen molar-refractivity contribution in [3.63, 3.8) is 0 Å². The highest BCUT2D eigenvalue weighted by atomic mass is 28.3. The van der Waals surface area contributed by atoms with Crippen molar-refractivity contribution < 1.29 is 0 Å². The van der Waals surface area contributed by atoms with Crippen LogP contribution >= 0.6 is 0 Å². The van der Waals surface area contributed by atoms with Crippen molar-refractivity contribution in [3.8, 4) is 33.4 Å². The zero-order valence-corrected chi connectivity index (χ0v) is 30.3. The van der Waals surface area contributed by atoms with Crippen LogP contribution in [0.5, 0.6) is 0 Å². The summed E-state index contributed by atoms with van der Waals surface area (Å²) in [6.45, 7) is 8.56. The Kier molecular flexibility index (Phi) is 5.76. The van der Waals surface area contributed by atoms with Gasteiger partial charge in [0.2, 0.25) is 0 Å². The number of hydrogen-bond acceptors (Lipinski definition) is 0. The molecule has 0 bridgehead atoms. The van der Waals surface area contributed by atoms with E-state index in [0.29, 0.717) is 0 Å². The topological polar surface area (TPSA) is 0 Å². The van der Waals surface area contributed by atoms with Crippen molar-refractivity contribution in [2.24, 2.45) is 0 Å². The van der Waals surface area contributed by atoms with Crippen LogP contribution in [-0.4, -0.2) is 8.07 Å². The van der Waals surface area contributed by atoms with E-state index in [4.69, 9.17) is 0 Å². The molecule has 2 aliphatic rings. The Morgan fingerprint density at radius 2 is 0.925 bits per heavy atom. The normalized spacial score (nSPS) is 14.2. The highest BCUT2D eigenvalue weighted by Crippen LogP contribution is 2.43. The first-order valence-electron chi connectivity index (χ1n) is 18.7. The van der Waals surface area contributed by atoms with Crippen LogP contribution in [0.3, 0.4) is 0 Å². The third kappa shape index (κ3) is 3.85. The highest BCUT2D eigenvalue weighted by Gasteiger charge is 2.49. The van der Waals surface area contributed by atoms with E-state index in [1.165, 1.54) is 98.4 Å². The second-order valence-corrected chi connectivity index (χ2v) is 19.4. The second-order valence-electron chi connectivity index (χ2n) is 15.4. The van der Waals surface area contributed by atoms with Crippen LogP contribution in [0.2, 0.25) is 0 Å². The summed E-state index contributed by atoms with van der Waals surface area (Å²) in [4.78, 5) is 0. The fourth-order valence-electron chi connectivity index (χ4n) is 10.5. The Balaban J connectivity index is 1.08. The van der Waals surface area contributed by atoms with Crippen molar-refractivity contribution in [2.75, 3.05) is 0 Å². The molecule has 0 nitrogen and oxygen atoms in total. The van der Waals surface area contributed by atoms with Crippen molar-refractivity contribution >= 4 is 85.0 Å². The van der Waals surface area contributed by atoms with Crippen LogP contribution in [0.15, 0.2) is 158 Å². The average molecular weight is 687 g/mol. The predicted octanol–water partition coefficient (Wildman–Crippen LogP) is 11.4. The maximum absolute atomic E-state index is 4.43. The standard InChI is InChI=1S/C52H34Si/c1-3-32-15-25-45-41(21-16-35-12-11-31(2)49(32)51(35)45)37-19-23-43-44-24-20-38(28-48(44)53(47(43)27-37)29-39-7-4-5-8-40(39)30-53)42-22-17-36-14-13-33-9-6-10-34-18-26-46(42)52(36)50(33)34/h3-28H,1-2,29-30H2. The maximum atomic E-state index is 4.43. The molecule has 0 amide bonds. The molecule has 0 radical (unpaired) electrons. The van der Waals surface area contributed by atoms with Crippen molar-refractivity contribution in [1.29, 1.82) is 0 Å². The van der Waals surface area contributed by atoms with Gasteiger partial charge in [0, 0.05) is 0 Å². The summed E-state index contributed by atoms with van der Waals surface area (Å²) in [5.74, 6) is 0. The second kappa shape index (κ2) is 10.4. The third-order valence-electron chi connectivity index (χ3n) is 12.9. The molecule has 12 rings (SSSR count). The molecule has 0 saturated carbocycles. The predicted molar refractivity (Wildman–Crippen MR) is 231 cm³/mol. The molecule has 2 aliphatic heterocycles. The smallest absolute Gasteiger partial charge is 0.0984 e. The number of benzene rings is 10. The van der Waals surface area contributed by atoms with E-state index in [1.807, 2.05) is 6.08 Å². The summed E-state index contributed by atoms with van der Waals surface area (Å²) >= 11 is 0. The fraction of sp³-hybridized carbons (Fsp3) is 0.0385. The average Bonchev–Trinajstić information content (AvgIpc) is 3.73. The Morgan fingerprint density at radius 3 is 1.53 bits per heavy atom. The highest BCUT2D eigenvalue weighted by molar-refractivity contribution is 7.05. The molecule has 0 fully saturated rings. The molecule has 0 unspecified atom stereocenters. The van der Waals surface area contributed by atoms with Crippen LogP contribution in [0.1, 0.15) is 16.7 Å². The first-order chi connectivity index (χ1) is 26.1. The summed E-state index contributed by atoms with van der Waals surface area (Å²) in [7, 11) is -2.22. The summed E-state index contributed by atoms with van der Waals surface area (Å²) in [5.41, 5.74) is 12.3. The van der Waals surface area contributed by atoms with Gasteiger partial charge in [-0.25, -0.2) is 0 Å². The molecule has 1 heteroatoms. The SMILES string of the molecule is C=Cc1ccc2c(-c3ccc4c(c3)[Si]3(Cc5ccccc5C3)c3cc(-c5ccc6ccc7cccc8ccc5c6c78)ccc3-4)ccc3ccc(=C)c1c32. The zero-order valence-electron chi connectivity index (χ0n) is 29.3. The van der Waals surface area contributed by atoms with Gasteiger partial charge in [0.25, 0.3) is 0 Å². The third-order valence-corrected chi connectivity index (χ3v) is 17.7. The molecule has 1 spiro atoms. The van der Waals surface area contributed by atoms with E-state index in [0.717, 1.165) is 22.9 Å². The molecule has 0 aliphatic carbocycles. The lowest BCUT2D eigenvalue weighted by Crippen LogP contribution is -2.57. The molecule has 0 atom stereocenters. The Morgan fingerprint density at radius 1 is 0.434 bits per heavy atom. The van der Waals surface area contributed by atoms with Crippen LogP contribution in [-0.2, 0) is 12.1 Å². The minimum Gasteiger partial charge on any atom is -0.0984 e. The largest absolute Gasteiger partial charge is 0.128 e. The number of hydrogen-bond donors (Lipinski definition) is 0. The van der Waals surface area contributed by atoms with Crippen LogP contribution in [0, 0.1) is 0 Å². The van der Waals surface area contributed by atoms with Gasteiger partial charge in [0.15, 0.2) is 0 Å². The molecule has 246 valence electrons. The van der Waals surface area contributed by atoms with E-state index < -0.39 is 8.07 Å². The lowest BCUT2D eigenvalue weighted by Gasteiger charge is -2.25. The van der Waals surface area contributed by atoms with E-state index in [-0.39, 0.29) is 0 Å². The van der Waals surface area contributed by atoms with Gasteiger partial charge in [-0.05, 0) is 132 Å². The molecule has 10 aromatic rings. The van der Waals surface area contributed by atoms with E-state index >= 15 is 0 Å². The maximum Gasteiger partial charge on any atom is 0.128 e. The minimum absolute atomic E-state index is 1.05. The number of rotatable bonds is 3. The van der Waals surface area contributed by atoms with Crippen LogP contribution in [0.25, 0.3) is 99.9 Å². The summed E-state index contributed by atoms with van der Waals surface area (Å²) in [6.07, 6.45) is 1.96. The van der Waals surface area contributed by atoms with Gasteiger partial charge in [-0.2, -0.15) is 0 Å². The molecule has 0 aromatic heterocycles.